The molecule has 1 N–H and O–H groups in total. The number of fused-ring (bicyclic) bond motifs is 1. The molecule has 1 aromatic carbocycles. The Hall–Kier alpha value is -1.56. The second-order valence-corrected chi connectivity index (χ2v) is 8.02. The minimum absolute atomic E-state index is 0.0517. The Kier molecular flexibility index (Phi) is 3.24. The van der Waals surface area contributed by atoms with E-state index in [0.717, 1.165) is 5.56 Å². The summed E-state index contributed by atoms with van der Waals surface area (Å²) in [6.45, 7) is 2.00. The first-order valence-electron chi connectivity index (χ1n) is 7.25. The van der Waals surface area contributed by atoms with Crippen LogP contribution in [-0.2, 0) is 14.8 Å². The summed E-state index contributed by atoms with van der Waals surface area (Å²) < 4.78 is 25.9. The first-order valence-corrected chi connectivity index (χ1v) is 8.86. The third kappa shape index (κ3) is 2.12. The van der Waals surface area contributed by atoms with Crippen molar-refractivity contribution in [3.63, 3.8) is 0 Å². The van der Waals surface area contributed by atoms with Crippen LogP contribution in [0.4, 0.5) is 5.69 Å². The van der Waals surface area contributed by atoms with Gasteiger partial charge in [0, 0.05) is 12.5 Å². The van der Waals surface area contributed by atoms with Gasteiger partial charge in [-0.15, -0.1) is 0 Å². The molecule has 1 aromatic rings. The molecule has 1 aliphatic heterocycles. The van der Waals surface area contributed by atoms with E-state index in [9.17, 15) is 18.3 Å². The van der Waals surface area contributed by atoms with Crippen LogP contribution >= 0.6 is 0 Å². The standard InChI is InChI=1S/C15H19NO4S/c1-2-21(19,20)16-10-7-12(15(8-9-15)14(17)18)11-5-3-4-6-13(11)16/h3-6,12H,2,7-10H2,1H3,(H,17,18). The van der Waals surface area contributed by atoms with Gasteiger partial charge in [0.15, 0.2) is 0 Å². The monoisotopic (exact) mass is 309 g/mol. The van der Waals surface area contributed by atoms with E-state index in [1.54, 1.807) is 19.1 Å². The van der Waals surface area contributed by atoms with Gasteiger partial charge in [0.05, 0.1) is 16.9 Å². The molecule has 1 heterocycles. The highest BCUT2D eigenvalue weighted by molar-refractivity contribution is 7.92. The quantitative estimate of drug-likeness (QED) is 0.925. The maximum Gasteiger partial charge on any atom is 0.310 e. The number of aliphatic carboxylic acids is 1. The molecule has 0 bridgehead atoms. The third-order valence-electron chi connectivity index (χ3n) is 4.78. The minimum atomic E-state index is -3.32. The molecule has 1 atom stereocenters. The van der Waals surface area contributed by atoms with Gasteiger partial charge in [-0.3, -0.25) is 9.10 Å². The summed E-state index contributed by atoms with van der Waals surface area (Å²) in [5.74, 6) is -0.792. The molecule has 1 aliphatic carbocycles. The zero-order chi connectivity index (χ0) is 15.3. The van der Waals surface area contributed by atoms with Gasteiger partial charge in [-0.25, -0.2) is 8.42 Å². The number of carbonyl (C=O) groups is 1. The number of carboxylic acid groups (broad SMARTS) is 1. The number of carboxylic acids is 1. The van der Waals surface area contributed by atoms with Crippen molar-refractivity contribution in [2.24, 2.45) is 5.41 Å². The zero-order valence-corrected chi connectivity index (χ0v) is 12.8. The molecule has 114 valence electrons. The first-order chi connectivity index (χ1) is 9.92. The van der Waals surface area contributed by atoms with Gasteiger partial charge in [0.25, 0.3) is 0 Å². The Labute approximate surface area is 124 Å². The van der Waals surface area contributed by atoms with Gasteiger partial charge < -0.3 is 5.11 Å². The Morgan fingerprint density at radius 2 is 2.05 bits per heavy atom. The third-order valence-corrected chi connectivity index (χ3v) is 6.56. The normalized spacial score (nSPS) is 23.5. The lowest BCUT2D eigenvalue weighted by molar-refractivity contribution is -0.144. The summed E-state index contributed by atoms with van der Waals surface area (Å²) in [5.41, 5.74) is 0.835. The van der Waals surface area contributed by atoms with E-state index in [1.807, 2.05) is 12.1 Å². The summed E-state index contributed by atoms with van der Waals surface area (Å²) in [5, 5.41) is 9.52. The molecule has 1 saturated carbocycles. The molecule has 0 aromatic heterocycles. The number of para-hydroxylation sites is 1. The predicted octanol–water partition coefficient (Wildman–Crippen LogP) is 2.19. The summed E-state index contributed by atoms with van der Waals surface area (Å²) in [4.78, 5) is 11.6. The topological polar surface area (TPSA) is 74.7 Å². The average Bonchev–Trinajstić information content (AvgIpc) is 3.27. The van der Waals surface area contributed by atoms with Crippen LogP contribution < -0.4 is 4.31 Å². The van der Waals surface area contributed by atoms with Crippen molar-refractivity contribution in [3.05, 3.63) is 29.8 Å². The second kappa shape index (κ2) is 4.73. The largest absolute Gasteiger partial charge is 0.481 e. The Morgan fingerprint density at radius 1 is 1.38 bits per heavy atom. The average molecular weight is 309 g/mol. The summed E-state index contributed by atoms with van der Waals surface area (Å²) in [7, 11) is -3.32. The molecule has 0 amide bonds. The highest BCUT2D eigenvalue weighted by Crippen LogP contribution is 2.60. The van der Waals surface area contributed by atoms with Crippen LogP contribution in [0.25, 0.3) is 0 Å². The maximum atomic E-state index is 12.2. The number of anilines is 1. The highest BCUT2D eigenvalue weighted by atomic mass is 32.2. The van der Waals surface area contributed by atoms with E-state index in [2.05, 4.69) is 0 Å². The van der Waals surface area contributed by atoms with Crippen molar-refractivity contribution in [1.29, 1.82) is 0 Å². The van der Waals surface area contributed by atoms with Crippen molar-refractivity contribution in [2.75, 3.05) is 16.6 Å². The van der Waals surface area contributed by atoms with Crippen LogP contribution in [-0.4, -0.2) is 31.8 Å². The molecule has 0 radical (unpaired) electrons. The molecule has 0 spiro atoms. The Balaban J connectivity index is 2.07. The van der Waals surface area contributed by atoms with Gasteiger partial charge in [-0.05, 0) is 37.8 Å². The minimum Gasteiger partial charge on any atom is -0.481 e. The number of hydrogen-bond acceptors (Lipinski definition) is 3. The van der Waals surface area contributed by atoms with Gasteiger partial charge in [0.2, 0.25) is 10.0 Å². The highest BCUT2D eigenvalue weighted by Gasteiger charge is 2.57. The fourth-order valence-corrected chi connectivity index (χ4v) is 4.56. The first kappa shape index (κ1) is 14.4. The number of nitrogens with zero attached hydrogens (tertiary/aromatic N) is 1. The molecular formula is C15H19NO4S. The number of rotatable bonds is 4. The zero-order valence-electron chi connectivity index (χ0n) is 11.9. The van der Waals surface area contributed by atoms with E-state index in [1.165, 1.54) is 4.31 Å². The molecule has 5 nitrogen and oxygen atoms in total. The van der Waals surface area contributed by atoms with E-state index < -0.39 is 21.4 Å². The smallest absolute Gasteiger partial charge is 0.310 e. The van der Waals surface area contributed by atoms with Crippen LogP contribution in [0.1, 0.15) is 37.7 Å². The molecule has 3 rings (SSSR count). The molecule has 1 fully saturated rings. The fourth-order valence-electron chi connectivity index (χ4n) is 3.40. The van der Waals surface area contributed by atoms with Crippen LogP contribution in [0.15, 0.2) is 24.3 Å². The number of sulfonamides is 1. The van der Waals surface area contributed by atoms with Crippen molar-refractivity contribution in [1.82, 2.24) is 0 Å². The maximum absolute atomic E-state index is 12.2. The van der Waals surface area contributed by atoms with E-state index in [0.29, 0.717) is 31.5 Å². The van der Waals surface area contributed by atoms with Crippen LogP contribution in [0.3, 0.4) is 0 Å². The molecule has 21 heavy (non-hydrogen) atoms. The molecule has 1 unspecified atom stereocenters. The molecule has 2 aliphatic rings. The van der Waals surface area contributed by atoms with Crippen LogP contribution in [0.2, 0.25) is 0 Å². The van der Waals surface area contributed by atoms with E-state index >= 15 is 0 Å². The molecule has 0 saturated heterocycles. The second-order valence-electron chi connectivity index (χ2n) is 5.83. The number of benzene rings is 1. The lowest BCUT2D eigenvalue weighted by atomic mass is 9.78. The summed E-state index contributed by atoms with van der Waals surface area (Å²) in [6, 6.07) is 7.32. The lowest BCUT2D eigenvalue weighted by Crippen LogP contribution is -2.40. The Morgan fingerprint density at radius 3 is 2.62 bits per heavy atom. The van der Waals surface area contributed by atoms with Crippen molar-refractivity contribution in [2.45, 2.75) is 32.1 Å². The van der Waals surface area contributed by atoms with E-state index in [4.69, 9.17) is 0 Å². The Bertz CT molecular complexity index is 679. The SMILES string of the molecule is CCS(=O)(=O)N1CCC(C2(C(=O)O)CC2)c2ccccc21. The lowest BCUT2D eigenvalue weighted by Gasteiger charge is -2.37. The van der Waals surface area contributed by atoms with Gasteiger partial charge in [0.1, 0.15) is 0 Å². The van der Waals surface area contributed by atoms with E-state index in [-0.39, 0.29) is 11.7 Å². The summed E-state index contributed by atoms with van der Waals surface area (Å²) in [6.07, 6.45) is 1.94. The van der Waals surface area contributed by atoms with Crippen LogP contribution in [0.5, 0.6) is 0 Å². The molecule has 6 heteroatoms. The molecular weight excluding hydrogens is 290 g/mol. The van der Waals surface area contributed by atoms with Crippen LogP contribution in [0, 0.1) is 5.41 Å². The van der Waals surface area contributed by atoms with Gasteiger partial charge >= 0.3 is 5.97 Å². The number of hydrogen-bond donors (Lipinski definition) is 1. The predicted molar refractivity (Wildman–Crippen MR) is 79.9 cm³/mol. The van der Waals surface area contributed by atoms with Gasteiger partial charge in [-0.1, -0.05) is 18.2 Å². The van der Waals surface area contributed by atoms with Crippen molar-refractivity contribution >= 4 is 21.7 Å². The van der Waals surface area contributed by atoms with Crippen molar-refractivity contribution < 1.29 is 18.3 Å². The fraction of sp³-hybridized carbons (Fsp3) is 0.533. The van der Waals surface area contributed by atoms with Gasteiger partial charge in [-0.2, -0.15) is 0 Å². The van der Waals surface area contributed by atoms with Crippen molar-refractivity contribution in [3.8, 4) is 0 Å². The summed E-state index contributed by atoms with van der Waals surface area (Å²) >= 11 is 0.